The molecule has 0 saturated heterocycles. The molecule has 0 saturated carbocycles. The fraction of sp³-hybridized carbons (Fsp3) is 0.385. The molecule has 0 bridgehead atoms. The first kappa shape index (κ1) is 13.1. The van der Waals surface area contributed by atoms with E-state index in [0.29, 0.717) is 6.54 Å². The van der Waals surface area contributed by atoms with E-state index >= 15 is 0 Å². The molecule has 0 unspecified atom stereocenters. The molecule has 0 aliphatic rings. The molecule has 1 aromatic heterocycles. The van der Waals surface area contributed by atoms with Crippen molar-refractivity contribution in [2.75, 3.05) is 0 Å². The van der Waals surface area contributed by atoms with Gasteiger partial charge in [0.1, 0.15) is 12.2 Å². The van der Waals surface area contributed by atoms with Crippen LogP contribution in [-0.4, -0.2) is 14.8 Å². The lowest BCUT2D eigenvalue weighted by molar-refractivity contribution is 0.524. The Morgan fingerprint density at radius 3 is 2.89 bits per heavy atom. The standard InChI is InChI=1S/C13H17ClN4/c1-3-18-13(16-9-17-18)8-15-10(2)11-6-4-5-7-12(11)14/h4-7,9-10,15H,3,8H2,1-2H3/t10-/m1/s1. The Bertz CT molecular complexity index is 509. The minimum Gasteiger partial charge on any atom is -0.303 e. The van der Waals surface area contributed by atoms with Crippen LogP contribution in [0.4, 0.5) is 0 Å². The summed E-state index contributed by atoms with van der Waals surface area (Å²) in [5.74, 6) is 0.941. The SMILES string of the molecule is CCn1ncnc1CN[C@H](C)c1ccccc1Cl. The second-order valence-corrected chi connectivity index (χ2v) is 4.52. The maximum atomic E-state index is 6.17. The molecule has 1 heterocycles. The third kappa shape index (κ3) is 2.89. The van der Waals surface area contributed by atoms with Crippen LogP contribution in [0.2, 0.25) is 5.02 Å². The first-order valence-electron chi connectivity index (χ1n) is 6.07. The summed E-state index contributed by atoms with van der Waals surface area (Å²) in [5.41, 5.74) is 1.10. The Balaban J connectivity index is 2.01. The van der Waals surface area contributed by atoms with Crippen LogP contribution in [-0.2, 0) is 13.1 Å². The van der Waals surface area contributed by atoms with Gasteiger partial charge in [0.25, 0.3) is 0 Å². The van der Waals surface area contributed by atoms with Gasteiger partial charge >= 0.3 is 0 Å². The predicted molar refractivity (Wildman–Crippen MR) is 72.4 cm³/mol. The summed E-state index contributed by atoms with van der Waals surface area (Å²) in [6, 6.07) is 8.05. The number of aromatic nitrogens is 3. The van der Waals surface area contributed by atoms with Crippen molar-refractivity contribution >= 4 is 11.6 Å². The Labute approximate surface area is 112 Å². The van der Waals surface area contributed by atoms with Gasteiger partial charge in [0.15, 0.2) is 0 Å². The molecule has 4 nitrogen and oxygen atoms in total. The van der Waals surface area contributed by atoms with E-state index in [1.165, 1.54) is 0 Å². The maximum absolute atomic E-state index is 6.17. The number of nitrogens with zero attached hydrogens (tertiary/aromatic N) is 3. The number of aryl methyl sites for hydroxylation is 1. The van der Waals surface area contributed by atoms with E-state index < -0.39 is 0 Å². The average molecular weight is 265 g/mol. The second kappa shape index (κ2) is 5.98. The van der Waals surface area contributed by atoms with E-state index in [-0.39, 0.29) is 6.04 Å². The highest BCUT2D eigenvalue weighted by atomic mass is 35.5. The van der Waals surface area contributed by atoms with Crippen molar-refractivity contribution < 1.29 is 0 Å². The molecule has 96 valence electrons. The summed E-state index contributed by atoms with van der Waals surface area (Å²) in [6.07, 6.45) is 1.58. The number of rotatable bonds is 5. The lowest BCUT2D eigenvalue weighted by Gasteiger charge is -2.15. The highest BCUT2D eigenvalue weighted by molar-refractivity contribution is 6.31. The van der Waals surface area contributed by atoms with Crippen molar-refractivity contribution in [1.82, 2.24) is 20.1 Å². The second-order valence-electron chi connectivity index (χ2n) is 4.12. The number of hydrogen-bond acceptors (Lipinski definition) is 3. The zero-order chi connectivity index (χ0) is 13.0. The van der Waals surface area contributed by atoms with Crippen LogP contribution in [0.15, 0.2) is 30.6 Å². The zero-order valence-electron chi connectivity index (χ0n) is 10.6. The first-order valence-corrected chi connectivity index (χ1v) is 6.44. The van der Waals surface area contributed by atoms with Crippen LogP contribution >= 0.6 is 11.6 Å². The van der Waals surface area contributed by atoms with Crippen molar-refractivity contribution in [3.05, 3.63) is 47.0 Å². The van der Waals surface area contributed by atoms with Crippen LogP contribution in [0.3, 0.4) is 0 Å². The summed E-state index contributed by atoms with van der Waals surface area (Å²) in [7, 11) is 0. The van der Waals surface area contributed by atoms with Gasteiger partial charge in [0.2, 0.25) is 0 Å². The van der Waals surface area contributed by atoms with Gasteiger partial charge in [0, 0.05) is 17.6 Å². The third-order valence-corrected chi connectivity index (χ3v) is 3.28. The van der Waals surface area contributed by atoms with Crippen LogP contribution in [0, 0.1) is 0 Å². The summed E-state index contributed by atoms with van der Waals surface area (Å²) in [6.45, 7) is 5.65. The molecule has 1 aromatic carbocycles. The molecule has 0 radical (unpaired) electrons. The number of nitrogens with one attached hydrogen (secondary N) is 1. The van der Waals surface area contributed by atoms with Gasteiger partial charge in [-0.25, -0.2) is 9.67 Å². The lowest BCUT2D eigenvalue weighted by Crippen LogP contribution is -2.21. The minimum absolute atomic E-state index is 0.181. The van der Waals surface area contributed by atoms with Gasteiger partial charge in [-0.05, 0) is 25.5 Å². The monoisotopic (exact) mass is 264 g/mol. The van der Waals surface area contributed by atoms with Crippen molar-refractivity contribution in [2.45, 2.75) is 33.0 Å². The minimum atomic E-state index is 0.181. The van der Waals surface area contributed by atoms with E-state index in [2.05, 4.69) is 29.2 Å². The van der Waals surface area contributed by atoms with Crippen LogP contribution < -0.4 is 5.32 Å². The Morgan fingerprint density at radius 1 is 1.39 bits per heavy atom. The topological polar surface area (TPSA) is 42.7 Å². The fourth-order valence-electron chi connectivity index (χ4n) is 1.87. The van der Waals surface area contributed by atoms with E-state index in [0.717, 1.165) is 23.0 Å². The van der Waals surface area contributed by atoms with Crippen molar-refractivity contribution in [3.8, 4) is 0 Å². The van der Waals surface area contributed by atoms with Gasteiger partial charge in [-0.1, -0.05) is 29.8 Å². The number of hydrogen-bond donors (Lipinski definition) is 1. The molecule has 0 aliphatic heterocycles. The molecule has 18 heavy (non-hydrogen) atoms. The van der Waals surface area contributed by atoms with Crippen molar-refractivity contribution in [1.29, 1.82) is 0 Å². The molecule has 1 N–H and O–H groups in total. The molecule has 1 atom stereocenters. The molecule has 0 spiro atoms. The van der Waals surface area contributed by atoms with Crippen LogP contribution in [0.5, 0.6) is 0 Å². The third-order valence-electron chi connectivity index (χ3n) is 2.93. The van der Waals surface area contributed by atoms with Crippen molar-refractivity contribution in [2.24, 2.45) is 0 Å². The van der Waals surface area contributed by atoms with E-state index in [9.17, 15) is 0 Å². The molecule has 2 rings (SSSR count). The molecule has 0 aliphatic carbocycles. The number of halogens is 1. The number of benzene rings is 1. The molecular formula is C13H17ClN4. The maximum Gasteiger partial charge on any atom is 0.140 e. The van der Waals surface area contributed by atoms with E-state index in [1.807, 2.05) is 28.9 Å². The van der Waals surface area contributed by atoms with Gasteiger partial charge in [-0.15, -0.1) is 0 Å². The summed E-state index contributed by atoms with van der Waals surface area (Å²) >= 11 is 6.17. The Hall–Kier alpha value is -1.39. The summed E-state index contributed by atoms with van der Waals surface area (Å²) in [5, 5.41) is 8.34. The van der Waals surface area contributed by atoms with Gasteiger partial charge in [-0.2, -0.15) is 5.10 Å². The highest BCUT2D eigenvalue weighted by Crippen LogP contribution is 2.22. The van der Waals surface area contributed by atoms with E-state index in [4.69, 9.17) is 11.6 Å². The Kier molecular flexibility index (Phi) is 4.33. The summed E-state index contributed by atoms with van der Waals surface area (Å²) < 4.78 is 1.88. The molecule has 5 heteroatoms. The average Bonchev–Trinajstić information content (AvgIpc) is 2.84. The van der Waals surface area contributed by atoms with Gasteiger partial charge in [-0.3, -0.25) is 0 Å². The van der Waals surface area contributed by atoms with Gasteiger partial charge in [0.05, 0.1) is 6.54 Å². The van der Waals surface area contributed by atoms with Gasteiger partial charge < -0.3 is 5.32 Å². The zero-order valence-corrected chi connectivity index (χ0v) is 11.4. The van der Waals surface area contributed by atoms with E-state index in [1.54, 1.807) is 6.33 Å². The predicted octanol–water partition coefficient (Wildman–Crippen LogP) is 2.80. The molecule has 2 aromatic rings. The quantitative estimate of drug-likeness (QED) is 0.903. The molecule has 0 fully saturated rings. The Morgan fingerprint density at radius 2 is 2.17 bits per heavy atom. The summed E-state index contributed by atoms with van der Waals surface area (Å²) in [4.78, 5) is 4.23. The lowest BCUT2D eigenvalue weighted by atomic mass is 10.1. The highest BCUT2D eigenvalue weighted by Gasteiger charge is 2.10. The van der Waals surface area contributed by atoms with Crippen LogP contribution in [0.25, 0.3) is 0 Å². The van der Waals surface area contributed by atoms with Crippen LogP contribution in [0.1, 0.15) is 31.3 Å². The first-order chi connectivity index (χ1) is 8.72. The largest absolute Gasteiger partial charge is 0.303 e. The normalized spacial score (nSPS) is 12.6. The molecule has 0 amide bonds. The molecular weight excluding hydrogens is 248 g/mol. The smallest absolute Gasteiger partial charge is 0.140 e. The fourth-order valence-corrected chi connectivity index (χ4v) is 2.17. The van der Waals surface area contributed by atoms with Crippen molar-refractivity contribution in [3.63, 3.8) is 0 Å².